The number of amides is 1. The Balaban J connectivity index is 2.86. The van der Waals surface area contributed by atoms with Gasteiger partial charge in [0.15, 0.2) is 5.03 Å². The highest BCUT2D eigenvalue weighted by Crippen LogP contribution is 2.69. The monoisotopic (exact) mass is 446 g/mol. The summed E-state index contributed by atoms with van der Waals surface area (Å²) < 4.78 is 150. The summed E-state index contributed by atoms with van der Waals surface area (Å²) in [7, 11) is 0. The highest BCUT2D eigenvalue weighted by atomic mass is 19.4. The van der Waals surface area contributed by atoms with Crippen molar-refractivity contribution in [1.82, 2.24) is 0 Å². The van der Waals surface area contributed by atoms with Crippen molar-refractivity contribution in [2.24, 2.45) is 0 Å². The van der Waals surface area contributed by atoms with E-state index in [2.05, 4.69) is 0 Å². The molecule has 5 nitrogen and oxygen atoms in total. The minimum absolute atomic E-state index is 0.439. The van der Waals surface area contributed by atoms with Gasteiger partial charge in [0.05, 0.1) is 0 Å². The second kappa shape index (κ2) is 5.91. The van der Waals surface area contributed by atoms with Crippen LogP contribution in [0.4, 0.5) is 54.0 Å². The summed E-state index contributed by atoms with van der Waals surface area (Å²) in [4.78, 5) is 22.8. The maximum Gasteiger partial charge on any atom is 0.384 e. The van der Waals surface area contributed by atoms with E-state index in [1.807, 2.05) is 0 Å². The predicted molar refractivity (Wildman–Crippen MR) is 69.5 cm³/mol. The lowest BCUT2D eigenvalue weighted by molar-refractivity contribution is -0.498. The topological polar surface area (TPSA) is 63.5 Å². The van der Waals surface area contributed by atoms with Crippen LogP contribution in [0.5, 0.6) is 0 Å². The highest BCUT2D eigenvalue weighted by Gasteiger charge is 3.03. The molecular formula is C13H5F11N2O3. The molecule has 0 heterocycles. The minimum Gasteiger partial charge on any atom is -0.264 e. The Labute approximate surface area is 151 Å². The molecular weight excluding hydrogens is 441 g/mol. The van der Waals surface area contributed by atoms with Gasteiger partial charge in [0.1, 0.15) is 5.69 Å². The molecule has 0 unspecified atom stereocenters. The van der Waals surface area contributed by atoms with Gasteiger partial charge in [0.25, 0.3) is 0 Å². The van der Waals surface area contributed by atoms with E-state index < -0.39 is 56.9 Å². The van der Waals surface area contributed by atoms with E-state index >= 15 is 0 Å². The molecule has 0 bridgehead atoms. The fraction of sp³-hybridized carbons (Fsp3) is 0.462. The van der Waals surface area contributed by atoms with E-state index in [9.17, 15) is 63.2 Å². The Kier molecular flexibility index (Phi) is 4.61. The summed E-state index contributed by atoms with van der Waals surface area (Å²) in [6.07, 6.45) is 0. The van der Waals surface area contributed by atoms with Gasteiger partial charge in [0, 0.05) is 0 Å². The molecule has 0 N–H and O–H groups in total. The van der Waals surface area contributed by atoms with Crippen LogP contribution < -0.4 is 5.01 Å². The number of rotatable bonds is 3. The second-order valence-corrected chi connectivity index (χ2v) is 5.72. The third-order valence-corrected chi connectivity index (χ3v) is 4.09. The molecule has 1 fully saturated rings. The number of halogens is 11. The maximum absolute atomic E-state index is 14.7. The highest BCUT2D eigenvalue weighted by molar-refractivity contribution is 6.00. The van der Waals surface area contributed by atoms with Gasteiger partial charge < -0.3 is 0 Å². The van der Waals surface area contributed by atoms with Crippen LogP contribution in [0.1, 0.15) is 0 Å². The van der Waals surface area contributed by atoms with Crippen LogP contribution in [0.25, 0.3) is 0 Å². The molecule has 1 saturated carbocycles. The first-order chi connectivity index (χ1) is 12.8. The summed E-state index contributed by atoms with van der Waals surface area (Å²) >= 11 is 0. The van der Waals surface area contributed by atoms with E-state index in [0.29, 0.717) is 12.1 Å². The van der Waals surface area contributed by atoms with Crippen LogP contribution in [0.2, 0.25) is 0 Å². The number of para-hydroxylation sites is 1. The lowest BCUT2D eigenvalue weighted by Crippen LogP contribution is -2.86. The third-order valence-electron chi connectivity index (χ3n) is 4.09. The zero-order chi connectivity index (χ0) is 22.8. The van der Waals surface area contributed by atoms with Gasteiger partial charge in [-0.05, 0) is 17.1 Å². The number of anilines is 1. The molecule has 0 aliphatic heterocycles. The smallest absolute Gasteiger partial charge is 0.264 e. The molecule has 1 aromatic rings. The molecule has 0 radical (unpaired) electrons. The summed E-state index contributed by atoms with van der Waals surface area (Å²) in [5.41, 5.74) is -8.44. The maximum atomic E-state index is 14.7. The van der Waals surface area contributed by atoms with Gasteiger partial charge in [-0.15, -0.1) is 0 Å². The van der Waals surface area contributed by atoms with E-state index in [1.54, 1.807) is 0 Å². The minimum atomic E-state index is -7.55. The fourth-order valence-electron chi connectivity index (χ4n) is 2.49. The first kappa shape index (κ1) is 22.6. The lowest BCUT2D eigenvalue weighted by atomic mass is 9.71. The molecule has 2 rings (SSSR count). The summed E-state index contributed by atoms with van der Waals surface area (Å²) in [5.74, 6) is -41.6. The molecule has 1 amide bonds. The standard InChI is InChI=1S/C13H5F11N2O3/c14-8(7(27)25(26(28)29)6-4-2-1-3-5-6)9(15,16)11(19,20)13(23,24)12(21,22)10(8,17)18/h1-5H. The SMILES string of the molecule is O=C(N(c1ccccc1)[N+](=O)[O-])C1(F)C(F)(F)C(F)(F)C(F)(F)C(F)(F)C1(F)F. The Morgan fingerprint density at radius 3 is 1.41 bits per heavy atom. The van der Waals surface area contributed by atoms with E-state index in [4.69, 9.17) is 0 Å². The zero-order valence-electron chi connectivity index (χ0n) is 13.2. The Morgan fingerprint density at radius 1 is 0.724 bits per heavy atom. The number of alkyl halides is 11. The van der Waals surface area contributed by atoms with Gasteiger partial charge in [-0.3, -0.25) is 4.79 Å². The number of nitrogens with zero attached hydrogens (tertiary/aromatic N) is 2. The van der Waals surface area contributed by atoms with Crippen molar-refractivity contribution in [3.63, 3.8) is 0 Å². The molecule has 29 heavy (non-hydrogen) atoms. The first-order valence-electron chi connectivity index (χ1n) is 6.96. The molecule has 0 spiro atoms. The summed E-state index contributed by atoms with van der Waals surface area (Å²) in [5, 5.41) is 7.28. The van der Waals surface area contributed by atoms with E-state index in [0.717, 1.165) is 18.2 Å². The summed E-state index contributed by atoms with van der Waals surface area (Å²) in [6, 6.07) is 3.54. The molecule has 1 aliphatic carbocycles. The quantitative estimate of drug-likeness (QED) is 0.399. The summed E-state index contributed by atoms with van der Waals surface area (Å²) in [6.45, 7) is 0. The Hall–Kier alpha value is -2.68. The fourth-order valence-corrected chi connectivity index (χ4v) is 2.49. The molecule has 0 saturated heterocycles. The number of carbonyl (C=O) groups excluding carboxylic acids is 1. The Morgan fingerprint density at radius 2 is 1.07 bits per heavy atom. The van der Waals surface area contributed by atoms with Crippen molar-refractivity contribution in [2.45, 2.75) is 35.3 Å². The average molecular weight is 446 g/mol. The normalized spacial score (nSPS) is 25.1. The molecule has 0 atom stereocenters. The molecule has 1 aromatic carbocycles. The van der Waals surface area contributed by atoms with Gasteiger partial charge in [-0.25, -0.2) is 14.5 Å². The van der Waals surface area contributed by atoms with Crippen LogP contribution in [0, 0.1) is 10.1 Å². The molecule has 16 heteroatoms. The lowest BCUT2D eigenvalue weighted by Gasteiger charge is -2.51. The number of carbonyl (C=O) groups is 1. The first-order valence-corrected chi connectivity index (χ1v) is 6.96. The molecule has 0 aromatic heterocycles. The molecule has 162 valence electrons. The molecule has 1 aliphatic rings. The van der Waals surface area contributed by atoms with E-state index in [1.165, 1.54) is 0 Å². The van der Waals surface area contributed by atoms with E-state index in [-0.39, 0.29) is 0 Å². The predicted octanol–water partition coefficient (Wildman–Crippen LogP) is 4.11. The average Bonchev–Trinajstić information content (AvgIpc) is 2.59. The van der Waals surface area contributed by atoms with Gasteiger partial charge in [-0.2, -0.15) is 43.9 Å². The Bertz CT molecular complexity index is 814. The van der Waals surface area contributed by atoms with Crippen LogP contribution in [-0.2, 0) is 4.79 Å². The number of hydrogen-bond acceptors (Lipinski definition) is 3. The number of nitro groups is 1. The van der Waals surface area contributed by atoms with Crippen LogP contribution in [0.15, 0.2) is 30.3 Å². The van der Waals surface area contributed by atoms with Crippen molar-refractivity contribution in [3.8, 4) is 0 Å². The second-order valence-electron chi connectivity index (χ2n) is 5.72. The number of hydrazine groups is 1. The van der Waals surface area contributed by atoms with Crippen molar-refractivity contribution in [3.05, 3.63) is 40.4 Å². The van der Waals surface area contributed by atoms with Crippen LogP contribution >= 0.6 is 0 Å². The van der Waals surface area contributed by atoms with Crippen molar-refractivity contribution < 1.29 is 58.1 Å². The van der Waals surface area contributed by atoms with Crippen molar-refractivity contribution >= 4 is 11.6 Å². The number of benzene rings is 1. The van der Waals surface area contributed by atoms with Gasteiger partial charge in [-0.1, -0.05) is 18.2 Å². The van der Waals surface area contributed by atoms with Gasteiger partial charge in [0.2, 0.25) is 0 Å². The van der Waals surface area contributed by atoms with Gasteiger partial charge >= 0.3 is 41.2 Å². The van der Waals surface area contributed by atoms with Crippen molar-refractivity contribution in [1.29, 1.82) is 0 Å². The third kappa shape index (κ3) is 2.30. The van der Waals surface area contributed by atoms with Crippen LogP contribution in [-0.4, -0.2) is 46.2 Å². The van der Waals surface area contributed by atoms with Crippen LogP contribution in [0.3, 0.4) is 0 Å². The zero-order valence-corrected chi connectivity index (χ0v) is 13.2. The van der Waals surface area contributed by atoms with Crippen molar-refractivity contribution in [2.75, 3.05) is 5.01 Å². The number of hydrogen-bond donors (Lipinski definition) is 0. The largest absolute Gasteiger partial charge is 0.384 e.